The van der Waals surface area contributed by atoms with Crippen molar-refractivity contribution in [1.82, 2.24) is 10.6 Å². The first-order valence-electron chi connectivity index (χ1n) is 12.2. The second-order valence-electron chi connectivity index (χ2n) is 8.28. The summed E-state index contributed by atoms with van der Waals surface area (Å²) in [4.78, 5) is 27.3. The van der Waals surface area contributed by atoms with E-state index in [1.165, 1.54) is 17.7 Å². The maximum absolute atomic E-state index is 13.7. The van der Waals surface area contributed by atoms with Crippen molar-refractivity contribution in [2.45, 2.75) is 39.5 Å². The summed E-state index contributed by atoms with van der Waals surface area (Å²) < 4.78 is 3.18. The summed E-state index contributed by atoms with van der Waals surface area (Å²) in [6.07, 6.45) is 3.85. The molecule has 0 bridgehead atoms. The number of carbonyl (C=O) groups excluding carboxylic acids is 2. The van der Waals surface area contributed by atoms with Gasteiger partial charge in [0.15, 0.2) is 0 Å². The van der Waals surface area contributed by atoms with Gasteiger partial charge in [-0.2, -0.15) is 0 Å². The van der Waals surface area contributed by atoms with Crippen molar-refractivity contribution in [3.05, 3.63) is 91.0 Å². The minimum absolute atomic E-state index is 0.0781. The van der Waals surface area contributed by atoms with E-state index in [1.807, 2.05) is 54.6 Å². The summed E-state index contributed by atoms with van der Waals surface area (Å²) in [7, 11) is 2.74. The molecule has 0 saturated heterocycles. The monoisotopic (exact) mass is 616 g/mol. The first-order chi connectivity index (χ1) is 17.1. The van der Waals surface area contributed by atoms with E-state index in [-0.39, 0.29) is 10.5 Å². The molecule has 0 radical (unpaired) electrons. The van der Waals surface area contributed by atoms with Crippen LogP contribution in [0.1, 0.15) is 39.5 Å². The van der Waals surface area contributed by atoms with E-state index in [2.05, 4.69) is 60.9 Å². The van der Waals surface area contributed by atoms with Crippen LogP contribution in [-0.2, 0) is 0 Å². The van der Waals surface area contributed by atoms with Gasteiger partial charge in [-0.15, -0.1) is 0 Å². The number of rotatable bonds is 11. The topological polar surface area (TPSA) is 58.2 Å². The Morgan fingerprint density at radius 1 is 0.600 bits per heavy atom. The van der Waals surface area contributed by atoms with Crippen molar-refractivity contribution in [2.75, 3.05) is 13.1 Å². The molecule has 35 heavy (non-hydrogen) atoms. The number of unbranched alkanes of at least 4 members (excludes halogenated alkanes) is 2. The zero-order valence-electron chi connectivity index (χ0n) is 20.5. The molecule has 2 N–H and O–H groups in total. The number of nitrogens with one attached hydrogen (secondary N) is 2. The van der Waals surface area contributed by atoms with Gasteiger partial charge in [-0.25, -0.2) is 0 Å². The number of carbonyl (C=O) groups is 2. The zero-order chi connectivity index (χ0) is 25.0. The number of benzene rings is 3. The van der Waals surface area contributed by atoms with Crippen molar-refractivity contribution >= 4 is 53.3 Å². The SMILES string of the molecule is CCCCNC(=O)[S][Sb]([S]C(=O)NCCCC)([c]1ccccc1)([c]1ccccc1)[c]1ccccc1. The van der Waals surface area contributed by atoms with Gasteiger partial charge >= 0.3 is 217 Å². The van der Waals surface area contributed by atoms with Gasteiger partial charge in [0.2, 0.25) is 0 Å². The van der Waals surface area contributed by atoms with Gasteiger partial charge in [0.1, 0.15) is 0 Å². The van der Waals surface area contributed by atoms with Crippen molar-refractivity contribution in [3.8, 4) is 0 Å². The van der Waals surface area contributed by atoms with Gasteiger partial charge in [0.25, 0.3) is 0 Å². The fourth-order valence-corrected chi connectivity index (χ4v) is 34.9. The number of hydrogen-bond donors (Lipinski definition) is 2. The molecule has 186 valence electrons. The zero-order valence-corrected chi connectivity index (χ0v) is 24.7. The molecule has 3 rings (SSSR count). The van der Waals surface area contributed by atoms with Gasteiger partial charge in [-0.1, -0.05) is 0 Å². The molecule has 0 aliphatic heterocycles. The van der Waals surface area contributed by atoms with Crippen LogP contribution < -0.4 is 21.2 Å². The minimum atomic E-state index is -4.90. The third-order valence-corrected chi connectivity index (χ3v) is 38.0. The van der Waals surface area contributed by atoms with Crippen LogP contribution in [-0.4, -0.2) is 38.2 Å². The van der Waals surface area contributed by atoms with Crippen LogP contribution >= 0.6 is 17.7 Å². The maximum atomic E-state index is 13.7. The summed E-state index contributed by atoms with van der Waals surface area (Å²) >= 11 is -4.90. The molecule has 7 heteroatoms. The molecule has 0 aliphatic carbocycles. The molecule has 0 spiro atoms. The molecule has 0 aliphatic rings. The van der Waals surface area contributed by atoms with Gasteiger partial charge in [0, 0.05) is 0 Å². The van der Waals surface area contributed by atoms with Crippen molar-refractivity contribution < 1.29 is 9.59 Å². The van der Waals surface area contributed by atoms with Gasteiger partial charge < -0.3 is 0 Å². The molecule has 2 amide bonds. The average molecular weight is 617 g/mol. The van der Waals surface area contributed by atoms with Crippen LogP contribution in [0.25, 0.3) is 0 Å². The Morgan fingerprint density at radius 3 is 1.20 bits per heavy atom. The van der Waals surface area contributed by atoms with Gasteiger partial charge in [0.05, 0.1) is 0 Å². The second-order valence-corrected chi connectivity index (χ2v) is 33.8. The molecule has 4 nitrogen and oxygen atoms in total. The Hall–Kier alpha value is -1.88. The molecule has 0 atom stereocenters. The van der Waals surface area contributed by atoms with Crippen molar-refractivity contribution in [1.29, 1.82) is 0 Å². The summed E-state index contributed by atoms with van der Waals surface area (Å²) in [5, 5.41) is 6.10. The summed E-state index contributed by atoms with van der Waals surface area (Å²) in [5.41, 5.74) is 0. The van der Waals surface area contributed by atoms with Crippen LogP contribution in [0.15, 0.2) is 91.0 Å². The normalized spacial score (nSPS) is 12.3. The molecule has 3 aromatic carbocycles. The summed E-state index contributed by atoms with van der Waals surface area (Å²) in [5.74, 6) is 0. The first kappa shape index (κ1) is 27.7. The van der Waals surface area contributed by atoms with Crippen LogP contribution in [0.2, 0.25) is 0 Å². The molecule has 0 saturated carbocycles. The standard InChI is InChI=1S/3C6H5.2C5H11NOS.Sb/c3*1-2-4-6-5-3-1;2*1-2-3-4-6-5(7)8;/h3*1-5H;2*2-4H2,1H3,(H2,6,7,8);/q;;;;;+2/p-2. The molecule has 3 aromatic rings. The molecular formula is C28H35N2O2S2Sb. The van der Waals surface area contributed by atoms with E-state index in [0.717, 1.165) is 36.2 Å². The Kier molecular flexibility index (Phi) is 10.6. The van der Waals surface area contributed by atoms with Crippen molar-refractivity contribution in [2.24, 2.45) is 0 Å². The second kappa shape index (κ2) is 13.4. The predicted octanol–water partition coefficient (Wildman–Crippen LogP) is 5.59. The molecule has 0 fully saturated rings. The molecule has 0 unspecified atom stereocenters. The Bertz CT molecular complexity index is 954. The quantitative estimate of drug-likeness (QED) is 0.218. The fraction of sp³-hybridized carbons (Fsp3) is 0.286. The molecule has 0 aromatic heterocycles. The van der Waals surface area contributed by atoms with E-state index in [9.17, 15) is 9.59 Å². The number of hydrogen-bond acceptors (Lipinski definition) is 4. The summed E-state index contributed by atoms with van der Waals surface area (Å²) in [6.45, 7) is 5.46. The molecule has 0 heterocycles. The van der Waals surface area contributed by atoms with Gasteiger partial charge in [-0.3, -0.25) is 0 Å². The van der Waals surface area contributed by atoms with Crippen LogP contribution in [0.3, 0.4) is 0 Å². The van der Waals surface area contributed by atoms with E-state index in [4.69, 9.17) is 0 Å². The van der Waals surface area contributed by atoms with Crippen LogP contribution in [0, 0.1) is 0 Å². The van der Waals surface area contributed by atoms with E-state index in [1.54, 1.807) is 0 Å². The van der Waals surface area contributed by atoms with E-state index < -0.39 is 14.6 Å². The Morgan fingerprint density at radius 2 is 0.914 bits per heavy atom. The van der Waals surface area contributed by atoms with E-state index >= 15 is 0 Å². The average Bonchev–Trinajstić information content (AvgIpc) is 2.90. The van der Waals surface area contributed by atoms with Crippen LogP contribution in [0.5, 0.6) is 0 Å². The van der Waals surface area contributed by atoms with Crippen molar-refractivity contribution in [3.63, 3.8) is 0 Å². The molecular weight excluding hydrogens is 582 g/mol. The summed E-state index contributed by atoms with van der Waals surface area (Å²) in [6, 6.07) is 30.6. The Balaban J connectivity index is 2.31. The first-order valence-corrected chi connectivity index (χ1v) is 23.8. The van der Waals surface area contributed by atoms with Gasteiger partial charge in [-0.05, 0) is 0 Å². The third-order valence-electron chi connectivity index (χ3n) is 5.79. The number of amides is 2. The predicted molar refractivity (Wildman–Crippen MR) is 156 cm³/mol. The van der Waals surface area contributed by atoms with Crippen LogP contribution in [0.4, 0.5) is 9.59 Å². The third kappa shape index (κ3) is 6.28. The Labute approximate surface area is 215 Å². The van der Waals surface area contributed by atoms with E-state index in [0.29, 0.717) is 13.1 Å². The fourth-order valence-electron chi connectivity index (χ4n) is 3.99.